The molecule has 1 aromatic rings. The van der Waals surface area contributed by atoms with Gasteiger partial charge in [0.1, 0.15) is 0 Å². The van der Waals surface area contributed by atoms with Crippen LogP contribution in [0.4, 0.5) is 4.79 Å². The van der Waals surface area contributed by atoms with Crippen molar-refractivity contribution >= 4 is 6.03 Å². The molecule has 1 aliphatic heterocycles. The van der Waals surface area contributed by atoms with E-state index in [0.29, 0.717) is 5.92 Å². The monoisotopic (exact) mass is 301 g/mol. The van der Waals surface area contributed by atoms with Gasteiger partial charge >= 0.3 is 6.03 Å². The summed E-state index contributed by atoms with van der Waals surface area (Å²) in [5.74, 6) is 1.34. The van der Waals surface area contributed by atoms with Gasteiger partial charge in [-0.05, 0) is 43.2 Å². The lowest BCUT2D eigenvalue weighted by Gasteiger charge is -2.22. The molecule has 0 bridgehead atoms. The van der Waals surface area contributed by atoms with Gasteiger partial charge in [0.15, 0.2) is 0 Å². The van der Waals surface area contributed by atoms with Crippen molar-refractivity contribution < 1.29 is 4.79 Å². The lowest BCUT2D eigenvalue weighted by molar-refractivity contribution is 0.199. The van der Waals surface area contributed by atoms with Crippen LogP contribution in [0.5, 0.6) is 0 Å². The molecule has 1 heterocycles. The molecule has 4 heteroatoms. The third kappa shape index (κ3) is 4.47. The molecule has 1 N–H and O–H groups in total. The van der Waals surface area contributed by atoms with E-state index in [9.17, 15) is 4.79 Å². The Morgan fingerprint density at radius 1 is 1.23 bits per heavy atom. The fourth-order valence-corrected chi connectivity index (χ4v) is 3.21. The van der Waals surface area contributed by atoms with Crippen LogP contribution in [0.15, 0.2) is 30.3 Å². The maximum Gasteiger partial charge on any atom is 0.317 e. The molecule has 3 rings (SSSR count). The van der Waals surface area contributed by atoms with Crippen molar-refractivity contribution in [1.82, 2.24) is 15.1 Å². The SMILES string of the molecule is CN(C[C@H]1CCN(Cc2ccccc2)C1)C(=O)NCC1CC1. The van der Waals surface area contributed by atoms with Gasteiger partial charge in [0.2, 0.25) is 0 Å². The van der Waals surface area contributed by atoms with Crippen LogP contribution in [0.1, 0.15) is 24.8 Å². The first-order chi connectivity index (χ1) is 10.7. The second-order valence-corrected chi connectivity index (χ2v) is 6.89. The number of rotatable bonds is 6. The molecule has 0 spiro atoms. The van der Waals surface area contributed by atoms with Gasteiger partial charge in [-0.25, -0.2) is 4.79 Å². The standard InChI is InChI=1S/C18H27N3O/c1-20(18(22)19-11-15-7-8-15)12-17-9-10-21(14-17)13-16-5-3-2-4-6-16/h2-6,15,17H,7-14H2,1H3,(H,19,22)/t17-/m1/s1. The molecule has 22 heavy (non-hydrogen) atoms. The second-order valence-electron chi connectivity index (χ2n) is 6.89. The Balaban J connectivity index is 1.39. The fourth-order valence-electron chi connectivity index (χ4n) is 3.21. The van der Waals surface area contributed by atoms with E-state index in [-0.39, 0.29) is 6.03 Å². The molecule has 0 radical (unpaired) electrons. The molecule has 1 saturated heterocycles. The van der Waals surface area contributed by atoms with E-state index in [1.54, 1.807) is 0 Å². The average molecular weight is 301 g/mol. The van der Waals surface area contributed by atoms with Crippen molar-refractivity contribution in [3.8, 4) is 0 Å². The summed E-state index contributed by atoms with van der Waals surface area (Å²) < 4.78 is 0. The van der Waals surface area contributed by atoms with Crippen LogP contribution in [0, 0.1) is 11.8 Å². The van der Waals surface area contributed by atoms with Crippen molar-refractivity contribution in [3.05, 3.63) is 35.9 Å². The van der Waals surface area contributed by atoms with Crippen LogP contribution in [-0.2, 0) is 6.54 Å². The summed E-state index contributed by atoms with van der Waals surface area (Å²) in [6.07, 6.45) is 3.75. The highest BCUT2D eigenvalue weighted by Crippen LogP contribution is 2.27. The van der Waals surface area contributed by atoms with Crippen LogP contribution in [0.2, 0.25) is 0 Å². The molecule has 120 valence electrons. The Bertz CT molecular complexity index is 486. The first-order valence-electron chi connectivity index (χ1n) is 8.46. The summed E-state index contributed by atoms with van der Waals surface area (Å²) in [6, 6.07) is 10.7. The van der Waals surface area contributed by atoms with Crippen molar-refractivity contribution in [2.24, 2.45) is 11.8 Å². The molecule has 1 atom stereocenters. The van der Waals surface area contributed by atoms with Crippen molar-refractivity contribution in [1.29, 1.82) is 0 Å². The van der Waals surface area contributed by atoms with Gasteiger partial charge in [-0.3, -0.25) is 4.90 Å². The summed E-state index contributed by atoms with van der Waals surface area (Å²) in [5, 5.41) is 3.04. The predicted molar refractivity (Wildman–Crippen MR) is 88.6 cm³/mol. The number of carbonyl (C=O) groups excluding carboxylic acids is 1. The van der Waals surface area contributed by atoms with Crippen molar-refractivity contribution in [3.63, 3.8) is 0 Å². The van der Waals surface area contributed by atoms with Crippen molar-refractivity contribution in [2.75, 3.05) is 33.2 Å². The molecule has 1 aromatic carbocycles. The Morgan fingerprint density at radius 2 is 2.00 bits per heavy atom. The van der Waals surface area contributed by atoms with E-state index in [1.807, 2.05) is 11.9 Å². The molecule has 0 aromatic heterocycles. The maximum absolute atomic E-state index is 12.0. The zero-order valence-corrected chi connectivity index (χ0v) is 13.5. The maximum atomic E-state index is 12.0. The minimum Gasteiger partial charge on any atom is -0.338 e. The third-order valence-electron chi connectivity index (χ3n) is 4.74. The van der Waals surface area contributed by atoms with Crippen LogP contribution in [-0.4, -0.2) is 49.1 Å². The number of likely N-dealkylation sites (tertiary alicyclic amines) is 1. The molecule has 2 amide bonds. The number of nitrogens with one attached hydrogen (secondary N) is 1. The molecule has 2 fully saturated rings. The highest BCUT2D eigenvalue weighted by molar-refractivity contribution is 5.73. The highest BCUT2D eigenvalue weighted by atomic mass is 16.2. The second kappa shape index (κ2) is 7.14. The molecule has 2 aliphatic rings. The normalized spacial score (nSPS) is 21.8. The molecule has 0 unspecified atom stereocenters. The Kier molecular flexibility index (Phi) is 4.98. The zero-order chi connectivity index (χ0) is 15.4. The van der Waals surface area contributed by atoms with E-state index in [4.69, 9.17) is 0 Å². The topological polar surface area (TPSA) is 35.6 Å². The van der Waals surface area contributed by atoms with Crippen molar-refractivity contribution in [2.45, 2.75) is 25.8 Å². The van der Waals surface area contributed by atoms with Crippen LogP contribution < -0.4 is 5.32 Å². The van der Waals surface area contributed by atoms with Gasteiger partial charge in [0, 0.05) is 33.2 Å². The lowest BCUT2D eigenvalue weighted by Crippen LogP contribution is -2.41. The third-order valence-corrected chi connectivity index (χ3v) is 4.74. The van der Waals surface area contributed by atoms with E-state index < -0.39 is 0 Å². The van der Waals surface area contributed by atoms with Crippen LogP contribution in [0.3, 0.4) is 0 Å². The van der Waals surface area contributed by atoms with Gasteiger partial charge in [0.05, 0.1) is 0 Å². The van der Waals surface area contributed by atoms with Gasteiger partial charge in [-0.15, -0.1) is 0 Å². The lowest BCUT2D eigenvalue weighted by atomic mass is 10.1. The number of hydrogen-bond acceptors (Lipinski definition) is 2. The summed E-state index contributed by atoms with van der Waals surface area (Å²) in [6.45, 7) is 4.97. The summed E-state index contributed by atoms with van der Waals surface area (Å²) >= 11 is 0. The van der Waals surface area contributed by atoms with E-state index >= 15 is 0 Å². The largest absolute Gasteiger partial charge is 0.338 e. The summed E-state index contributed by atoms with van der Waals surface area (Å²) in [5.41, 5.74) is 1.37. The fraction of sp³-hybridized carbons (Fsp3) is 0.611. The number of carbonyl (C=O) groups is 1. The molecular formula is C18H27N3O. The summed E-state index contributed by atoms with van der Waals surface area (Å²) in [7, 11) is 1.92. The van der Waals surface area contributed by atoms with Gasteiger partial charge in [-0.2, -0.15) is 0 Å². The summed E-state index contributed by atoms with van der Waals surface area (Å²) in [4.78, 5) is 16.4. The average Bonchev–Trinajstić information content (AvgIpc) is 3.26. The predicted octanol–water partition coefficient (Wildman–Crippen LogP) is 2.56. The van der Waals surface area contributed by atoms with Gasteiger partial charge < -0.3 is 10.2 Å². The van der Waals surface area contributed by atoms with E-state index in [2.05, 4.69) is 40.5 Å². The number of urea groups is 1. The van der Waals surface area contributed by atoms with Gasteiger partial charge in [0.25, 0.3) is 0 Å². The first kappa shape index (κ1) is 15.3. The molecule has 1 saturated carbocycles. The Hall–Kier alpha value is -1.55. The first-order valence-corrected chi connectivity index (χ1v) is 8.46. The van der Waals surface area contributed by atoms with Crippen LogP contribution in [0.25, 0.3) is 0 Å². The Labute approximate surface area is 133 Å². The minimum absolute atomic E-state index is 0.0911. The van der Waals surface area contributed by atoms with Crippen LogP contribution >= 0.6 is 0 Å². The number of amides is 2. The van der Waals surface area contributed by atoms with E-state index in [1.165, 1.54) is 24.8 Å². The minimum atomic E-state index is 0.0911. The number of hydrogen-bond donors (Lipinski definition) is 1. The van der Waals surface area contributed by atoms with E-state index in [0.717, 1.165) is 38.6 Å². The Morgan fingerprint density at radius 3 is 2.73 bits per heavy atom. The number of nitrogens with zero attached hydrogens (tertiary/aromatic N) is 2. The zero-order valence-electron chi connectivity index (χ0n) is 13.5. The molecule has 1 aliphatic carbocycles. The molecule has 4 nitrogen and oxygen atoms in total. The number of benzene rings is 1. The van der Waals surface area contributed by atoms with Gasteiger partial charge in [-0.1, -0.05) is 30.3 Å². The highest BCUT2D eigenvalue weighted by Gasteiger charge is 2.26. The smallest absolute Gasteiger partial charge is 0.317 e. The quantitative estimate of drug-likeness (QED) is 0.876. The molecular weight excluding hydrogens is 274 g/mol.